The molecule has 2 aromatic heterocycles. The number of nitrogens with zero attached hydrogens (tertiary/aromatic N) is 5. The van der Waals surface area contributed by atoms with Gasteiger partial charge in [-0.2, -0.15) is 9.67 Å². The van der Waals surface area contributed by atoms with Crippen LogP contribution in [-0.4, -0.2) is 44.2 Å². The second-order valence-corrected chi connectivity index (χ2v) is 6.02. The summed E-state index contributed by atoms with van der Waals surface area (Å²) in [5.74, 6) is 1.37. The Morgan fingerprint density at radius 3 is 2.72 bits per heavy atom. The molecule has 0 spiro atoms. The molecule has 0 saturated heterocycles. The van der Waals surface area contributed by atoms with E-state index >= 15 is 0 Å². The molecule has 1 fully saturated rings. The number of hydrogen-bond acceptors (Lipinski definition) is 7. The average Bonchev–Trinajstić information content (AvgIpc) is 3.21. The summed E-state index contributed by atoms with van der Waals surface area (Å²) < 4.78 is 6.88. The van der Waals surface area contributed by atoms with Crippen molar-refractivity contribution < 1.29 is 4.74 Å². The van der Waals surface area contributed by atoms with Crippen LogP contribution in [0.3, 0.4) is 0 Å². The number of nitrogens with two attached hydrogens (primary N) is 1. The zero-order valence-electron chi connectivity index (χ0n) is 13.8. The molecule has 4 rings (SSSR count). The van der Waals surface area contributed by atoms with Gasteiger partial charge in [0.1, 0.15) is 5.75 Å². The van der Waals surface area contributed by atoms with Crippen LogP contribution >= 0.6 is 12.4 Å². The molecule has 2 heterocycles. The fourth-order valence-corrected chi connectivity index (χ4v) is 3.03. The Morgan fingerprint density at radius 2 is 2.04 bits per heavy atom. The summed E-state index contributed by atoms with van der Waals surface area (Å²) in [5, 5.41) is 11.7. The molecule has 1 aliphatic carbocycles. The fourth-order valence-electron chi connectivity index (χ4n) is 3.03. The number of fused-ring (bicyclic) bond motifs is 1. The van der Waals surface area contributed by atoms with Crippen molar-refractivity contribution in [2.24, 2.45) is 5.73 Å². The van der Waals surface area contributed by atoms with Crippen molar-refractivity contribution in [3.05, 3.63) is 30.5 Å². The number of nitrogens with one attached hydrogen (secondary N) is 1. The third-order valence-electron chi connectivity index (χ3n) is 4.32. The first kappa shape index (κ1) is 17.4. The fraction of sp³-hybridized carbons (Fsp3) is 0.375. The van der Waals surface area contributed by atoms with Gasteiger partial charge in [-0.3, -0.25) is 0 Å². The summed E-state index contributed by atoms with van der Waals surface area (Å²) in [6, 6.07) is 8.17. The standard InChI is InChI=1S/C16H19N7O.ClH/c1-24-13-6-4-12(5-7-13)23-15-14(21-22-23)9-18-16(20-15)19-11-3-2-10(17)8-11;/h4-7,9-11H,2-3,8,17H2,1H3,(H,18,19,20);1H/t10-,11+;/m0./s1. The summed E-state index contributed by atoms with van der Waals surface area (Å²) in [6.45, 7) is 0. The Bertz CT molecular complexity index is 851. The van der Waals surface area contributed by atoms with Gasteiger partial charge in [-0.05, 0) is 43.5 Å². The van der Waals surface area contributed by atoms with E-state index in [1.807, 2.05) is 24.3 Å². The number of hydrogen-bond donors (Lipinski definition) is 2. The molecule has 0 bridgehead atoms. The van der Waals surface area contributed by atoms with Crippen LogP contribution in [0.2, 0.25) is 0 Å². The first-order chi connectivity index (χ1) is 11.7. The highest BCUT2D eigenvalue weighted by Gasteiger charge is 2.22. The van der Waals surface area contributed by atoms with E-state index in [9.17, 15) is 0 Å². The van der Waals surface area contributed by atoms with E-state index in [4.69, 9.17) is 10.5 Å². The van der Waals surface area contributed by atoms with Crippen LogP contribution < -0.4 is 15.8 Å². The molecule has 3 N–H and O–H groups in total. The zero-order valence-corrected chi connectivity index (χ0v) is 14.6. The second kappa shape index (κ2) is 7.20. The molecule has 0 radical (unpaired) electrons. The van der Waals surface area contributed by atoms with Crippen molar-refractivity contribution in [3.63, 3.8) is 0 Å². The van der Waals surface area contributed by atoms with Gasteiger partial charge in [0.25, 0.3) is 0 Å². The third-order valence-corrected chi connectivity index (χ3v) is 4.32. The van der Waals surface area contributed by atoms with Gasteiger partial charge in [-0.25, -0.2) is 4.98 Å². The monoisotopic (exact) mass is 361 g/mol. The quantitative estimate of drug-likeness (QED) is 0.731. The number of anilines is 1. The van der Waals surface area contributed by atoms with Crippen molar-refractivity contribution in [2.75, 3.05) is 12.4 Å². The summed E-state index contributed by atoms with van der Waals surface area (Å²) in [6.07, 6.45) is 4.70. The maximum atomic E-state index is 5.96. The minimum absolute atomic E-state index is 0. The maximum absolute atomic E-state index is 5.96. The lowest BCUT2D eigenvalue weighted by Gasteiger charge is -2.12. The lowest BCUT2D eigenvalue weighted by molar-refractivity contribution is 0.414. The molecule has 2 atom stereocenters. The molecule has 1 saturated carbocycles. The molecule has 1 aliphatic rings. The number of methoxy groups -OCH3 is 1. The van der Waals surface area contributed by atoms with Crippen molar-refractivity contribution >= 4 is 29.5 Å². The van der Waals surface area contributed by atoms with E-state index < -0.39 is 0 Å². The van der Waals surface area contributed by atoms with Crippen molar-refractivity contribution in [1.29, 1.82) is 0 Å². The second-order valence-electron chi connectivity index (χ2n) is 6.02. The van der Waals surface area contributed by atoms with Gasteiger partial charge in [0.15, 0.2) is 11.2 Å². The van der Waals surface area contributed by atoms with E-state index in [2.05, 4.69) is 25.6 Å². The zero-order chi connectivity index (χ0) is 16.5. The highest BCUT2D eigenvalue weighted by molar-refractivity contribution is 5.85. The van der Waals surface area contributed by atoms with Gasteiger partial charge in [0.05, 0.1) is 19.0 Å². The summed E-state index contributed by atoms with van der Waals surface area (Å²) in [5.41, 5.74) is 8.15. The molecule has 1 aromatic carbocycles. The summed E-state index contributed by atoms with van der Waals surface area (Å²) >= 11 is 0. The van der Waals surface area contributed by atoms with Crippen LogP contribution in [0.5, 0.6) is 5.75 Å². The molecule has 132 valence electrons. The van der Waals surface area contributed by atoms with Gasteiger partial charge in [-0.1, -0.05) is 5.21 Å². The van der Waals surface area contributed by atoms with Crippen molar-refractivity contribution in [2.45, 2.75) is 31.3 Å². The third kappa shape index (κ3) is 3.49. The Labute approximate surface area is 151 Å². The molecule has 9 heteroatoms. The largest absolute Gasteiger partial charge is 0.497 e. The highest BCUT2D eigenvalue weighted by Crippen LogP contribution is 2.22. The van der Waals surface area contributed by atoms with Crippen LogP contribution in [0.15, 0.2) is 30.5 Å². The van der Waals surface area contributed by atoms with Crippen LogP contribution in [0.4, 0.5) is 5.95 Å². The van der Waals surface area contributed by atoms with Gasteiger partial charge in [0.2, 0.25) is 5.95 Å². The molecule has 0 unspecified atom stereocenters. The summed E-state index contributed by atoms with van der Waals surface area (Å²) in [4.78, 5) is 8.92. The van der Waals surface area contributed by atoms with Gasteiger partial charge >= 0.3 is 0 Å². The van der Waals surface area contributed by atoms with Gasteiger partial charge in [-0.15, -0.1) is 17.5 Å². The lowest BCUT2D eigenvalue weighted by Crippen LogP contribution is -2.21. The molecule has 0 aliphatic heterocycles. The molecule has 25 heavy (non-hydrogen) atoms. The first-order valence-corrected chi connectivity index (χ1v) is 7.98. The van der Waals surface area contributed by atoms with E-state index in [1.165, 1.54) is 0 Å². The van der Waals surface area contributed by atoms with Crippen LogP contribution in [0.1, 0.15) is 19.3 Å². The highest BCUT2D eigenvalue weighted by atomic mass is 35.5. The SMILES string of the molecule is COc1ccc(-n2nnc3cnc(N[C@@H]4CC[C@H](N)C4)nc32)cc1.Cl. The Balaban J connectivity index is 0.00000182. The number of ether oxygens (including phenoxy) is 1. The Kier molecular flexibility index (Phi) is 5.00. The van der Waals surface area contributed by atoms with Gasteiger partial charge < -0.3 is 15.8 Å². The van der Waals surface area contributed by atoms with Crippen molar-refractivity contribution in [1.82, 2.24) is 25.0 Å². The number of aromatic nitrogens is 5. The van der Waals surface area contributed by atoms with E-state index in [1.54, 1.807) is 18.0 Å². The molecular formula is C16H20ClN7O. The van der Waals surface area contributed by atoms with Crippen LogP contribution in [-0.2, 0) is 0 Å². The predicted molar refractivity (Wildman–Crippen MR) is 97.5 cm³/mol. The van der Waals surface area contributed by atoms with E-state index in [0.717, 1.165) is 30.7 Å². The minimum atomic E-state index is 0. The molecular weight excluding hydrogens is 342 g/mol. The average molecular weight is 362 g/mol. The minimum Gasteiger partial charge on any atom is -0.497 e. The number of benzene rings is 1. The predicted octanol–water partition coefficient (Wildman–Crippen LogP) is 1.93. The van der Waals surface area contributed by atoms with E-state index in [-0.39, 0.29) is 18.4 Å². The molecule has 0 amide bonds. The number of halogens is 1. The van der Waals surface area contributed by atoms with Crippen molar-refractivity contribution in [3.8, 4) is 11.4 Å². The summed E-state index contributed by atoms with van der Waals surface area (Å²) in [7, 11) is 1.64. The van der Waals surface area contributed by atoms with Crippen LogP contribution in [0, 0.1) is 0 Å². The topological polar surface area (TPSA) is 104 Å². The smallest absolute Gasteiger partial charge is 0.225 e. The van der Waals surface area contributed by atoms with Gasteiger partial charge in [0, 0.05) is 12.1 Å². The molecule has 8 nitrogen and oxygen atoms in total. The lowest BCUT2D eigenvalue weighted by atomic mass is 10.2. The van der Waals surface area contributed by atoms with E-state index in [0.29, 0.717) is 23.2 Å². The Hall–Kier alpha value is -2.45. The normalized spacial score (nSPS) is 19.6. The Morgan fingerprint density at radius 1 is 1.24 bits per heavy atom. The maximum Gasteiger partial charge on any atom is 0.225 e. The first-order valence-electron chi connectivity index (χ1n) is 7.98. The number of rotatable bonds is 4. The van der Waals surface area contributed by atoms with Crippen LogP contribution in [0.25, 0.3) is 16.9 Å². The molecule has 3 aromatic rings.